The van der Waals surface area contributed by atoms with E-state index in [-0.39, 0.29) is 12.2 Å². The smallest absolute Gasteiger partial charge is 0.141 e. The lowest BCUT2D eigenvalue weighted by Gasteiger charge is -2.22. The van der Waals surface area contributed by atoms with Gasteiger partial charge in [-0.05, 0) is 52.7 Å². The number of amidine groups is 1. The number of H-pyrrole nitrogens is 1. The Morgan fingerprint density at radius 2 is 1.89 bits per heavy atom. The fourth-order valence-corrected chi connectivity index (χ4v) is 4.71. The lowest BCUT2D eigenvalue weighted by molar-refractivity contribution is 0.393. The van der Waals surface area contributed by atoms with Crippen molar-refractivity contribution in [2.24, 2.45) is 4.99 Å². The molecule has 1 aromatic carbocycles. The number of hydrogen-bond donors (Lipinski definition) is 3. The van der Waals surface area contributed by atoms with Crippen LogP contribution in [-0.4, -0.2) is 39.0 Å². The highest BCUT2D eigenvalue weighted by Gasteiger charge is 2.27. The van der Waals surface area contributed by atoms with Gasteiger partial charge >= 0.3 is 0 Å². The topological polar surface area (TPSA) is 105 Å². The highest BCUT2D eigenvalue weighted by atomic mass is 16.5. The number of nitrogens with zero attached hydrogens (tertiary/aromatic N) is 4. The van der Waals surface area contributed by atoms with Gasteiger partial charge in [0.25, 0.3) is 0 Å². The normalized spacial score (nSPS) is 15.5. The van der Waals surface area contributed by atoms with E-state index in [4.69, 9.17) is 19.4 Å². The molecule has 1 aliphatic heterocycles. The van der Waals surface area contributed by atoms with E-state index in [1.807, 2.05) is 25.5 Å². The molecule has 35 heavy (non-hydrogen) atoms. The van der Waals surface area contributed by atoms with E-state index in [9.17, 15) is 0 Å². The van der Waals surface area contributed by atoms with Crippen LogP contribution in [0.1, 0.15) is 69.3 Å². The molecule has 0 saturated carbocycles. The van der Waals surface area contributed by atoms with Crippen molar-refractivity contribution in [3.63, 3.8) is 0 Å². The third-order valence-corrected chi connectivity index (χ3v) is 6.42. The van der Waals surface area contributed by atoms with Gasteiger partial charge in [-0.25, -0.2) is 9.67 Å². The third kappa shape index (κ3) is 3.84. The molecule has 0 amide bonds. The van der Waals surface area contributed by atoms with E-state index >= 15 is 0 Å². The third-order valence-electron chi connectivity index (χ3n) is 6.42. The predicted octanol–water partition coefficient (Wildman–Crippen LogP) is 5.98. The Morgan fingerprint density at radius 1 is 1.11 bits per heavy atom. The summed E-state index contributed by atoms with van der Waals surface area (Å²) in [7, 11) is 1.68. The Kier molecular flexibility index (Phi) is 5.57. The Labute approximate surface area is 204 Å². The van der Waals surface area contributed by atoms with E-state index in [2.05, 4.69) is 66.7 Å². The van der Waals surface area contributed by atoms with E-state index < -0.39 is 0 Å². The zero-order valence-corrected chi connectivity index (χ0v) is 21.6. The molecule has 9 heteroatoms. The van der Waals surface area contributed by atoms with Crippen molar-refractivity contribution >= 4 is 28.4 Å². The predicted molar refractivity (Wildman–Crippen MR) is 140 cm³/mol. The van der Waals surface area contributed by atoms with Crippen LogP contribution in [0.5, 0.6) is 5.75 Å². The molecule has 0 bridgehead atoms. The molecule has 0 saturated heterocycles. The van der Waals surface area contributed by atoms with Gasteiger partial charge in [-0.3, -0.25) is 0 Å². The van der Waals surface area contributed by atoms with E-state index in [1.165, 1.54) is 0 Å². The van der Waals surface area contributed by atoms with Gasteiger partial charge < -0.3 is 24.9 Å². The molecule has 5 rings (SSSR count). The van der Waals surface area contributed by atoms with Crippen molar-refractivity contribution in [2.75, 3.05) is 17.7 Å². The molecule has 1 unspecified atom stereocenters. The van der Waals surface area contributed by atoms with Crippen molar-refractivity contribution < 1.29 is 9.26 Å². The summed E-state index contributed by atoms with van der Waals surface area (Å²) in [6.07, 6.45) is -0.0954. The molecule has 0 fully saturated rings. The molecule has 0 radical (unpaired) electrons. The first-order valence-corrected chi connectivity index (χ1v) is 12.1. The minimum Gasteiger partial charge on any atom is -0.496 e. The first-order valence-electron chi connectivity index (χ1n) is 12.1. The molecule has 3 aromatic heterocycles. The number of benzene rings is 1. The van der Waals surface area contributed by atoms with Crippen molar-refractivity contribution in [2.45, 2.75) is 66.6 Å². The summed E-state index contributed by atoms with van der Waals surface area (Å²) in [5.41, 5.74) is 5.72. The number of fused-ring (bicyclic) bond motifs is 3. The lowest BCUT2D eigenvalue weighted by Crippen LogP contribution is -2.28. The van der Waals surface area contributed by atoms with Gasteiger partial charge in [0.1, 0.15) is 35.1 Å². The van der Waals surface area contributed by atoms with Gasteiger partial charge in [-0.15, -0.1) is 0 Å². The second-order valence-corrected chi connectivity index (χ2v) is 9.74. The molecule has 9 nitrogen and oxygen atoms in total. The zero-order chi connectivity index (χ0) is 25.0. The summed E-state index contributed by atoms with van der Waals surface area (Å²) in [6.45, 7) is 14.5. The molecular formula is C26H33N7O2. The van der Waals surface area contributed by atoms with Crippen molar-refractivity contribution in [3.05, 3.63) is 40.9 Å². The molecule has 0 spiro atoms. The van der Waals surface area contributed by atoms with Gasteiger partial charge in [0.05, 0.1) is 29.6 Å². The van der Waals surface area contributed by atoms with Crippen LogP contribution in [-0.2, 0) is 0 Å². The highest BCUT2D eigenvalue weighted by molar-refractivity contribution is 6.20. The van der Waals surface area contributed by atoms with Gasteiger partial charge in [-0.1, -0.05) is 19.0 Å². The Hall–Kier alpha value is -3.75. The minimum atomic E-state index is -0.0954. The van der Waals surface area contributed by atoms with Crippen LogP contribution in [0, 0.1) is 13.8 Å². The summed E-state index contributed by atoms with van der Waals surface area (Å²) < 4.78 is 13.3. The van der Waals surface area contributed by atoms with Crippen LogP contribution in [0.2, 0.25) is 0 Å². The molecular weight excluding hydrogens is 442 g/mol. The maximum atomic E-state index is 5.82. The van der Waals surface area contributed by atoms with E-state index in [1.54, 1.807) is 7.11 Å². The average Bonchev–Trinajstić information content (AvgIpc) is 3.47. The van der Waals surface area contributed by atoms with Crippen LogP contribution in [0.4, 0.5) is 11.6 Å². The fourth-order valence-electron chi connectivity index (χ4n) is 4.71. The molecule has 3 N–H and O–H groups in total. The molecule has 0 aliphatic carbocycles. The van der Waals surface area contributed by atoms with Gasteiger partial charge in [0, 0.05) is 28.6 Å². The van der Waals surface area contributed by atoms with E-state index in [0.717, 1.165) is 68.0 Å². The van der Waals surface area contributed by atoms with Gasteiger partial charge in [0.15, 0.2) is 0 Å². The highest BCUT2D eigenvalue weighted by Crippen LogP contribution is 2.41. The van der Waals surface area contributed by atoms with E-state index in [0.29, 0.717) is 5.92 Å². The van der Waals surface area contributed by atoms with Crippen molar-refractivity contribution in [3.8, 4) is 16.9 Å². The number of methoxy groups -OCH3 is 1. The number of aromatic nitrogens is 4. The van der Waals surface area contributed by atoms with Crippen LogP contribution in [0.25, 0.3) is 22.0 Å². The average molecular weight is 476 g/mol. The zero-order valence-electron chi connectivity index (χ0n) is 21.6. The summed E-state index contributed by atoms with van der Waals surface area (Å²) in [5.74, 6) is 4.48. The number of anilines is 2. The SMILES string of the molecule is COc1cc2c3c([nH]c2cc1-c1c(C)noc1C)NC(C)N=C3Nc1cc(C(C)C)nn1C(C)C. The summed E-state index contributed by atoms with van der Waals surface area (Å²) in [4.78, 5) is 8.47. The van der Waals surface area contributed by atoms with Gasteiger partial charge in [-0.2, -0.15) is 5.10 Å². The second kappa shape index (κ2) is 8.48. The number of aromatic amines is 1. The molecule has 4 aromatic rings. The Bertz CT molecular complexity index is 1420. The summed E-state index contributed by atoms with van der Waals surface area (Å²) >= 11 is 0. The first-order chi connectivity index (χ1) is 16.7. The lowest BCUT2D eigenvalue weighted by atomic mass is 10.00. The standard InChI is InChI=1S/C26H33N7O2/c1-12(2)19-11-22(33(31-19)13(3)4)30-26-24-17-10-21(34-8)18(23-14(5)32-35-15(23)6)9-20(17)29-25(24)27-16(7)28-26/h9-13,16,27,29H,1-8H3,(H,28,30). The summed E-state index contributed by atoms with van der Waals surface area (Å²) in [6, 6.07) is 6.48. The Morgan fingerprint density at radius 3 is 2.51 bits per heavy atom. The van der Waals surface area contributed by atoms with Crippen LogP contribution >= 0.6 is 0 Å². The largest absolute Gasteiger partial charge is 0.496 e. The maximum Gasteiger partial charge on any atom is 0.141 e. The molecule has 1 aliphatic rings. The van der Waals surface area contributed by atoms with Crippen LogP contribution < -0.4 is 15.4 Å². The fraction of sp³-hybridized carbons (Fsp3) is 0.423. The number of hydrogen-bond acceptors (Lipinski definition) is 7. The molecule has 184 valence electrons. The molecule has 4 heterocycles. The number of aliphatic imine (C=N–C) groups is 1. The minimum absolute atomic E-state index is 0.0954. The van der Waals surface area contributed by atoms with Gasteiger partial charge in [0.2, 0.25) is 0 Å². The monoisotopic (exact) mass is 475 g/mol. The first kappa shape index (κ1) is 23.0. The molecule has 1 atom stereocenters. The summed E-state index contributed by atoms with van der Waals surface area (Å²) in [5, 5.41) is 17.0. The number of nitrogens with one attached hydrogen (secondary N) is 3. The Balaban J connectivity index is 1.65. The van der Waals surface area contributed by atoms with Crippen LogP contribution in [0.15, 0.2) is 27.7 Å². The number of aryl methyl sites for hydroxylation is 2. The number of rotatable bonds is 5. The number of ether oxygens (including phenoxy) is 1. The quantitative estimate of drug-likeness (QED) is 0.328. The van der Waals surface area contributed by atoms with Crippen LogP contribution in [0.3, 0.4) is 0 Å². The van der Waals surface area contributed by atoms with Crippen molar-refractivity contribution in [1.82, 2.24) is 19.9 Å². The second-order valence-electron chi connectivity index (χ2n) is 9.74. The van der Waals surface area contributed by atoms with Crippen molar-refractivity contribution in [1.29, 1.82) is 0 Å². The maximum absolute atomic E-state index is 5.82.